The number of carbonyl (C=O) groups excluding carboxylic acids is 1. The molecule has 1 heterocycles. The summed E-state index contributed by atoms with van der Waals surface area (Å²) in [6.45, 7) is 1.92. The van der Waals surface area contributed by atoms with Crippen LogP contribution >= 0.6 is 11.3 Å². The first kappa shape index (κ1) is 10.4. The van der Waals surface area contributed by atoms with E-state index < -0.39 is 0 Å². The lowest BCUT2D eigenvalue weighted by atomic mass is 10.1. The molecule has 0 radical (unpaired) electrons. The van der Waals surface area contributed by atoms with Crippen molar-refractivity contribution < 1.29 is 4.79 Å². The molecule has 0 atom stereocenters. The van der Waals surface area contributed by atoms with Crippen LogP contribution in [-0.2, 0) is 11.2 Å². The predicted octanol–water partition coefficient (Wildman–Crippen LogP) is 3.81. The number of fused-ring (bicyclic) bond motifs is 1. The number of Topliss-reactive ketones (excluding diaryl/α,β-unsaturated/α-hetero) is 1. The van der Waals surface area contributed by atoms with E-state index in [-0.39, 0.29) is 0 Å². The Labute approximate surface area is 93.7 Å². The Morgan fingerprint density at radius 3 is 3.00 bits per heavy atom. The van der Waals surface area contributed by atoms with E-state index in [9.17, 15) is 4.79 Å². The summed E-state index contributed by atoms with van der Waals surface area (Å²) in [6.07, 6.45) is 2.21. The Bertz CT molecular complexity index is 470. The summed E-state index contributed by atoms with van der Waals surface area (Å²) in [6, 6.07) is 8.45. The number of aryl methyl sites for hydroxylation is 1. The van der Waals surface area contributed by atoms with E-state index in [1.54, 1.807) is 11.3 Å². The van der Waals surface area contributed by atoms with Crippen LogP contribution in [0, 0.1) is 0 Å². The summed E-state index contributed by atoms with van der Waals surface area (Å²) in [5.74, 6) is 0.351. The minimum Gasteiger partial charge on any atom is -0.300 e. The average molecular weight is 218 g/mol. The largest absolute Gasteiger partial charge is 0.300 e. The summed E-state index contributed by atoms with van der Waals surface area (Å²) in [4.78, 5) is 11.3. The van der Waals surface area contributed by atoms with Crippen LogP contribution in [-0.4, -0.2) is 5.78 Å². The Balaban J connectivity index is 2.20. The molecule has 15 heavy (non-hydrogen) atoms. The second-order valence-corrected chi connectivity index (χ2v) is 4.56. The van der Waals surface area contributed by atoms with Gasteiger partial charge in [0.2, 0.25) is 0 Å². The van der Waals surface area contributed by atoms with E-state index in [4.69, 9.17) is 0 Å². The molecule has 1 aromatic carbocycles. The molecule has 0 spiro atoms. The van der Waals surface area contributed by atoms with Gasteiger partial charge in [-0.15, -0.1) is 11.3 Å². The van der Waals surface area contributed by atoms with Crippen molar-refractivity contribution in [2.75, 3.05) is 0 Å². The first-order valence-electron chi connectivity index (χ1n) is 5.28. The van der Waals surface area contributed by atoms with Gasteiger partial charge >= 0.3 is 0 Å². The van der Waals surface area contributed by atoms with E-state index in [0.29, 0.717) is 18.6 Å². The molecule has 0 N–H and O–H groups in total. The van der Waals surface area contributed by atoms with Crippen molar-refractivity contribution in [3.63, 3.8) is 0 Å². The van der Waals surface area contributed by atoms with Crippen molar-refractivity contribution in [1.29, 1.82) is 0 Å². The van der Waals surface area contributed by atoms with E-state index >= 15 is 0 Å². The lowest BCUT2D eigenvalue weighted by Gasteiger charge is -2.01. The molecule has 0 aliphatic heterocycles. The topological polar surface area (TPSA) is 17.1 Å². The van der Waals surface area contributed by atoms with E-state index in [2.05, 4.69) is 29.6 Å². The molecular formula is C13H14OS. The molecule has 1 nitrogen and oxygen atoms in total. The third-order valence-corrected chi connectivity index (χ3v) is 3.63. The standard InChI is InChI=1S/C13H14OS/c1-2-12(14)7-6-10-4-3-5-11-8-9-15-13(10)11/h3-5,8-9H,2,6-7H2,1H3. The van der Waals surface area contributed by atoms with Crippen molar-refractivity contribution in [2.45, 2.75) is 26.2 Å². The van der Waals surface area contributed by atoms with Gasteiger partial charge in [0.1, 0.15) is 5.78 Å². The van der Waals surface area contributed by atoms with Crippen molar-refractivity contribution in [2.24, 2.45) is 0 Å². The highest BCUT2D eigenvalue weighted by Crippen LogP contribution is 2.25. The van der Waals surface area contributed by atoms with Crippen molar-refractivity contribution in [1.82, 2.24) is 0 Å². The van der Waals surface area contributed by atoms with Gasteiger partial charge in [-0.1, -0.05) is 25.1 Å². The lowest BCUT2D eigenvalue weighted by molar-refractivity contribution is -0.118. The average Bonchev–Trinajstić information content (AvgIpc) is 2.74. The summed E-state index contributed by atoms with van der Waals surface area (Å²) in [7, 11) is 0. The van der Waals surface area contributed by atoms with E-state index in [1.807, 2.05) is 6.92 Å². The SMILES string of the molecule is CCC(=O)CCc1cccc2ccsc12. The molecule has 0 aliphatic carbocycles. The summed E-state index contributed by atoms with van der Waals surface area (Å²) in [5.41, 5.74) is 1.31. The van der Waals surface area contributed by atoms with Crippen LogP contribution in [0.5, 0.6) is 0 Å². The van der Waals surface area contributed by atoms with Crippen LogP contribution in [0.25, 0.3) is 10.1 Å². The first-order valence-corrected chi connectivity index (χ1v) is 6.16. The number of thiophene rings is 1. The molecule has 2 aromatic rings. The molecule has 0 amide bonds. The Morgan fingerprint density at radius 2 is 2.20 bits per heavy atom. The van der Waals surface area contributed by atoms with Gasteiger partial charge in [-0.2, -0.15) is 0 Å². The van der Waals surface area contributed by atoms with Crippen molar-refractivity contribution in [3.05, 3.63) is 35.2 Å². The van der Waals surface area contributed by atoms with Crippen LogP contribution in [0.4, 0.5) is 0 Å². The van der Waals surface area contributed by atoms with Crippen LogP contribution in [0.2, 0.25) is 0 Å². The molecule has 0 bridgehead atoms. The summed E-state index contributed by atoms with van der Waals surface area (Å²) in [5, 5.41) is 3.40. The van der Waals surface area contributed by atoms with Crippen LogP contribution in [0.15, 0.2) is 29.6 Å². The van der Waals surface area contributed by atoms with Crippen LogP contribution in [0.3, 0.4) is 0 Å². The minimum atomic E-state index is 0.351. The number of benzene rings is 1. The van der Waals surface area contributed by atoms with E-state index in [0.717, 1.165) is 6.42 Å². The second kappa shape index (κ2) is 4.58. The van der Waals surface area contributed by atoms with Gasteiger partial charge in [-0.25, -0.2) is 0 Å². The molecule has 0 fully saturated rings. The maximum atomic E-state index is 11.3. The second-order valence-electron chi connectivity index (χ2n) is 3.65. The molecule has 0 saturated carbocycles. The molecule has 1 aromatic heterocycles. The van der Waals surface area contributed by atoms with Gasteiger partial charge in [-0.05, 0) is 28.8 Å². The minimum absolute atomic E-state index is 0.351. The Kier molecular flexibility index (Phi) is 3.17. The Hall–Kier alpha value is -1.15. The third-order valence-electron chi connectivity index (χ3n) is 2.63. The van der Waals surface area contributed by atoms with E-state index in [1.165, 1.54) is 15.6 Å². The molecule has 78 valence electrons. The maximum Gasteiger partial charge on any atom is 0.132 e. The van der Waals surface area contributed by atoms with Gasteiger partial charge < -0.3 is 0 Å². The van der Waals surface area contributed by atoms with Gasteiger partial charge in [0.25, 0.3) is 0 Å². The third kappa shape index (κ3) is 2.26. The zero-order valence-corrected chi connectivity index (χ0v) is 9.64. The summed E-state index contributed by atoms with van der Waals surface area (Å²) < 4.78 is 1.33. The van der Waals surface area contributed by atoms with Crippen LogP contribution in [0.1, 0.15) is 25.3 Å². The molecule has 2 rings (SSSR count). The first-order chi connectivity index (χ1) is 7.31. The molecule has 0 aliphatic rings. The summed E-state index contributed by atoms with van der Waals surface area (Å²) >= 11 is 1.76. The molecule has 2 heteroatoms. The van der Waals surface area contributed by atoms with Gasteiger partial charge in [0.15, 0.2) is 0 Å². The van der Waals surface area contributed by atoms with Crippen molar-refractivity contribution in [3.8, 4) is 0 Å². The van der Waals surface area contributed by atoms with Crippen molar-refractivity contribution >= 4 is 27.2 Å². The lowest BCUT2D eigenvalue weighted by Crippen LogP contribution is -1.97. The van der Waals surface area contributed by atoms with Gasteiger partial charge in [0, 0.05) is 17.5 Å². The van der Waals surface area contributed by atoms with Gasteiger partial charge in [-0.3, -0.25) is 4.79 Å². The highest BCUT2D eigenvalue weighted by molar-refractivity contribution is 7.17. The number of hydrogen-bond acceptors (Lipinski definition) is 2. The molecular weight excluding hydrogens is 204 g/mol. The normalized spacial score (nSPS) is 10.7. The number of ketones is 1. The fraction of sp³-hybridized carbons (Fsp3) is 0.308. The fourth-order valence-corrected chi connectivity index (χ4v) is 2.65. The zero-order valence-electron chi connectivity index (χ0n) is 8.82. The number of rotatable bonds is 4. The highest BCUT2D eigenvalue weighted by atomic mass is 32.1. The Morgan fingerprint density at radius 1 is 1.33 bits per heavy atom. The fourth-order valence-electron chi connectivity index (χ4n) is 1.70. The predicted molar refractivity (Wildman–Crippen MR) is 65.4 cm³/mol. The smallest absolute Gasteiger partial charge is 0.132 e. The molecule has 0 saturated heterocycles. The molecule has 0 unspecified atom stereocenters. The quantitative estimate of drug-likeness (QED) is 0.762. The van der Waals surface area contributed by atoms with Crippen LogP contribution < -0.4 is 0 Å². The zero-order chi connectivity index (χ0) is 10.7. The highest BCUT2D eigenvalue weighted by Gasteiger charge is 2.04. The number of carbonyl (C=O) groups is 1. The maximum absolute atomic E-state index is 11.3. The number of hydrogen-bond donors (Lipinski definition) is 0. The monoisotopic (exact) mass is 218 g/mol. The van der Waals surface area contributed by atoms with Gasteiger partial charge in [0.05, 0.1) is 0 Å².